The maximum Gasteiger partial charge on any atom is 0.306 e. The largest absolute Gasteiger partial charge is 0.460 e. The van der Waals surface area contributed by atoms with Crippen LogP contribution in [0, 0.1) is 0 Å². The van der Waals surface area contributed by atoms with E-state index in [4.69, 9.17) is 4.74 Å². The van der Waals surface area contributed by atoms with Gasteiger partial charge in [-0.1, -0.05) is 62.6 Å². The van der Waals surface area contributed by atoms with Gasteiger partial charge in [-0.2, -0.15) is 0 Å². The first-order chi connectivity index (χ1) is 11.5. The van der Waals surface area contributed by atoms with Crippen molar-refractivity contribution in [1.82, 2.24) is 0 Å². The van der Waals surface area contributed by atoms with Crippen molar-refractivity contribution in [2.45, 2.75) is 97.5 Å². The lowest BCUT2D eigenvalue weighted by molar-refractivity contribution is -0.154. The van der Waals surface area contributed by atoms with E-state index >= 15 is 0 Å². The highest BCUT2D eigenvalue weighted by Gasteiger charge is 2.15. The standard InChI is InChI=1S/C22H38O2/c1-5-6-7-8-9-10-11-12-13-14-15-16-17-18-19-20-21(23)24-22(2,3)4/h6-7,9-10,12-13H,5,8,11,14-20H2,1-4H3/b7-6-,10-9-,13-12-. The lowest BCUT2D eigenvalue weighted by atomic mass is 10.1. The van der Waals surface area contributed by atoms with Crippen molar-refractivity contribution < 1.29 is 9.53 Å². The van der Waals surface area contributed by atoms with Crippen LogP contribution in [-0.4, -0.2) is 11.6 Å². The zero-order chi connectivity index (χ0) is 18.1. The van der Waals surface area contributed by atoms with Gasteiger partial charge >= 0.3 is 5.97 Å². The highest BCUT2D eigenvalue weighted by atomic mass is 16.6. The number of unbranched alkanes of at least 4 members (excludes halogenated alkanes) is 5. The van der Waals surface area contributed by atoms with Crippen molar-refractivity contribution in [3.8, 4) is 0 Å². The van der Waals surface area contributed by atoms with Gasteiger partial charge in [0.1, 0.15) is 5.60 Å². The molecule has 2 heteroatoms. The van der Waals surface area contributed by atoms with Crippen LogP contribution in [0.25, 0.3) is 0 Å². The Kier molecular flexibility index (Phi) is 14.4. The molecule has 0 amide bonds. The molecule has 0 unspecified atom stereocenters. The molecule has 0 radical (unpaired) electrons. The molecular weight excluding hydrogens is 296 g/mol. The lowest BCUT2D eigenvalue weighted by Crippen LogP contribution is -2.23. The maximum absolute atomic E-state index is 11.6. The number of ether oxygens (including phenoxy) is 1. The van der Waals surface area contributed by atoms with E-state index in [0.717, 1.165) is 38.5 Å². The molecule has 0 saturated carbocycles. The summed E-state index contributed by atoms with van der Waals surface area (Å²) in [5.41, 5.74) is -0.356. The quantitative estimate of drug-likeness (QED) is 0.208. The fraction of sp³-hybridized carbons (Fsp3) is 0.682. The molecule has 0 fully saturated rings. The zero-order valence-corrected chi connectivity index (χ0v) is 16.4. The Balaban J connectivity index is 3.37. The van der Waals surface area contributed by atoms with Crippen molar-refractivity contribution >= 4 is 5.97 Å². The van der Waals surface area contributed by atoms with E-state index < -0.39 is 0 Å². The molecule has 0 N–H and O–H groups in total. The van der Waals surface area contributed by atoms with Crippen molar-refractivity contribution in [2.75, 3.05) is 0 Å². The van der Waals surface area contributed by atoms with Gasteiger partial charge in [-0.25, -0.2) is 0 Å². The molecule has 0 aliphatic carbocycles. The molecule has 0 spiro atoms. The van der Waals surface area contributed by atoms with Gasteiger partial charge in [0.2, 0.25) is 0 Å². The zero-order valence-electron chi connectivity index (χ0n) is 16.4. The number of carbonyl (C=O) groups is 1. The van der Waals surface area contributed by atoms with Crippen molar-refractivity contribution in [3.63, 3.8) is 0 Å². The molecular formula is C22H38O2. The van der Waals surface area contributed by atoms with E-state index in [1.807, 2.05) is 20.8 Å². The number of allylic oxidation sites excluding steroid dienone is 6. The van der Waals surface area contributed by atoms with Gasteiger partial charge in [-0.05, 0) is 59.3 Å². The number of hydrogen-bond donors (Lipinski definition) is 0. The minimum absolute atomic E-state index is 0.0660. The summed E-state index contributed by atoms with van der Waals surface area (Å²) in [5.74, 6) is -0.0660. The van der Waals surface area contributed by atoms with Gasteiger partial charge in [0.25, 0.3) is 0 Å². The summed E-state index contributed by atoms with van der Waals surface area (Å²) < 4.78 is 5.30. The van der Waals surface area contributed by atoms with Gasteiger partial charge in [0, 0.05) is 6.42 Å². The predicted octanol–water partition coefficient (Wildman–Crippen LogP) is 6.92. The summed E-state index contributed by atoms with van der Waals surface area (Å²) >= 11 is 0. The fourth-order valence-corrected chi connectivity index (χ4v) is 2.28. The summed E-state index contributed by atoms with van der Waals surface area (Å²) in [6, 6.07) is 0. The summed E-state index contributed by atoms with van der Waals surface area (Å²) in [4.78, 5) is 11.6. The predicted molar refractivity (Wildman–Crippen MR) is 105 cm³/mol. The number of hydrogen-bond acceptors (Lipinski definition) is 2. The van der Waals surface area contributed by atoms with E-state index in [2.05, 4.69) is 43.4 Å². The molecule has 0 bridgehead atoms. The van der Waals surface area contributed by atoms with Gasteiger partial charge < -0.3 is 4.74 Å². The molecule has 0 aliphatic heterocycles. The molecule has 2 nitrogen and oxygen atoms in total. The topological polar surface area (TPSA) is 26.3 Å². The molecule has 0 aliphatic rings. The van der Waals surface area contributed by atoms with Gasteiger partial charge in [0.05, 0.1) is 0 Å². The second kappa shape index (κ2) is 15.2. The Morgan fingerprint density at radius 3 is 1.96 bits per heavy atom. The van der Waals surface area contributed by atoms with Crippen LogP contribution < -0.4 is 0 Å². The molecule has 0 rings (SSSR count). The third-order valence-electron chi connectivity index (χ3n) is 3.45. The van der Waals surface area contributed by atoms with Gasteiger partial charge in [-0.15, -0.1) is 0 Å². The maximum atomic E-state index is 11.6. The van der Waals surface area contributed by atoms with Crippen LogP contribution in [0.3, 0.4) is 0 Å². The number of esters is 1. The van der Waals surface area contributed by atoms with Crippen LogP contribution in [0.2, 0.25) is 0 Å². The minimum atomic E-state index is -0.356. The Labute approximate surface area is 150 Å². The van der Waals surface area contributed by atoms with Crippen molar-refractivity contribution in [2.24, 2.45) is 0 Å². The SMILES string of the molecule is CC/C=C\C/C=C\C/C=C\CCCCCCCC(=O)OC(C)(C)C. The molecule has 138 valence electrons. The van der Waals surface area contributed by atoms with Crippen LogP contribution >= 0.6 is 0 Å². The first kappa shape index (κ1) is 22.7. The van der Waals surface area contributed by atoms with Crippen LogP contribution in [-0.2, 0) is 9.53 Å². The van der Waals surface area contributed by atoms with Crippen LogP contribution in [0.4, 0.5) is 0 Å². The second-order valence-corrected chi connectivity index (χ2v) is 7.19. The van der Waals surface area contributed by atoms with E-state index in [-0.39, 0.29) is 11.6 Å². The van der Waals surface area contributed by atoms with E-state index in [1.54, 1.807) is 0 Å². The van der Waals surface area contributed by atoms with E-state index in [1.165, 1.54) is 19.3 Å². The van der Waals surface area contributed by atoms with Crippen LogP contribution in [0.1, 0.15) is 91.9 Å². The molecule has 24 heavy (non-hydrogen) atoms. The van der Waals surface area contributed by atoms with Crippen LogP contribution in [0.15, 0.2) is 36.5 Å². The third kappa shape index (κ3) is 18.7. The Bertz CT molecular complexity index is 383. The van der Waals surface area contributed by atoms with Crippen molar-refractivity contribution in [3.05, 3.63) is 36.5 Å². The summed E-state index contributed by atoms with van der Waals surface area (Å²) in [7, 11) is 0. The highest BCUT2D eigenvalue weighted by molar-refractivity contribution is 5.69. The molecule has 0 aromatic rings. The average Bonchev–Trinajstić information content (AvgIpc) is 2.49. The van der Waals surface area contributed by atoms with Crippen molar-refractivity contribution in [1.29, 1.82) is 0 Å². The minimum Gasteiger partial charge on any atom is -0.460 e. The monoisotopic (exact) mass is 334 g/mol. The molecule has 0 aromatic carbocycles. The average molecular weight is 335 g/mol. The molecule has 0 aromatic heterocycles. The van der Waals surface area contributed by atoms with E-state index in [0.29, 0.717) is 6.42 Å². The molecule has 0 atom stereocenters. The third-order valence-corrected chi connectivity index (χ3v) is 3.45. The molecule has 0 saturated heterocycles. The fourth-order valence-electron chi connectivity index (χ4n) is 2.28. The summed E-state index contributed by atoms with van der Waals surface area (Å²) in [5, 5.41) is 0. The Hall–Kier alpha value is -1.31. The van der Waals surface area contributed by atoms with E-state index in [9.17, 15) is 4.79 Å². The van der Waals surface area contributed by atoms with Crippen LogP contribution in [0.5, 0.6) is 0 Å². The first-order valence-electron chi connectivity index (χ1n) is 9.62. The van der Waals surface area contributed by atoms with Gasteiger partial charge in [0.15, 0.2) is 0 Å². The number of rotatable bonds is 13. The smallest absolute Gasteiger partial charge is 0.306 e. The second-order valence-electron chi connectivity index (χ2n) is 7.19. The Morgan fingerprint density at radius 1 is 0.792 bits per heavy atom. The normalized spacial score (nSPS) is 12.7. The molecule has 0 heterocycles. The summed E-state index contributed by atoms with van der Waals surface area (Å²) in [6.45, 7) is 7.90. The summed E-state index contributed by atoms with van der Waals surface area (Å²) in [6.07, 6.45) is 24.1. The first-order valence-corrected chi connectivity index (χ1v) is 9.62. The number of carbonyl (C=O) groups excluding carboxylic acids is 1. The lowest BCUT2D eigenvalue weighted by Gasteiger charge is -2.19. The van der Waals surface area contributed by atoms with Gasteiger partial charge in [-0.3, -0.25) is 4.79 Å². The highest BCUT2D eigenvalue weighted by Crippen LogP contribution is 2.12. The Morgan fingerprint density at radius 2 is 1.33 bits per heavy atom.